The zero-order valence-corrected chi connectivity index (χ0v) is 13.1. The maximum Gasteiger partial charge on any atom is 0.416 e. The van der Waals surface area contributed by atoms with E-state index in [0.29, 0.717) is 6.07 Å². The molecule has 3 atom stereocenters. The molecule has 2 N–H and O–H groups in total. The molecule has 1 rings (SSSR count). The van der Waals surface area contributed by atoms with Crippen molar-refractivity contribution in [3.05, 3.63) is 38.9 Å². The monoisotopic (exact) mass is 338 g/mol. The Kier molecular flexibility index (Phi) is 5.82. The molecule has 0 bridgehead atoms. The highest BCUT2D eigenvalue weighted by Gasteiger charge is 2.36. The number of hydrogen-bond acceptors (Lipinski definition) is 4. The molecular formula is C13H17F3N2O3S. The van der Waals surface area contributed by atoms with E-state index in [1.807, 2.05) is 0 Å². The first-order valence-electron chi connectivity index (χ1n) is 6.46. The zero-order valence-electron chi connectivity index (χ0n) is 12.3. The number of halogens is 3. The molecule has 0 fully saturated rings. The van der Waals surface area contributed by atoms with Crippen molar-refractivity contribution in [1.82, 2.24) is 0 Å². The van der Waals surface area contributed by atoms with Gasteiger partial charge in [-0.3, -0.25) is 10.1 Å². The molecule has 0 saturated heterocycles. The van der Waals surface area contributed by atoms with Gasteiger partial charge < -0.3 is 4.55 Å². The van der Waals surface area contributed by atoms with Crippen molar-refractivity contribution in [2.75, 3.05) is 0 Å². The maximum absolute atomic E-state index is 13.0. The molecule has 9 heteroatoms. The van der Waals surface area contributed by atoms with E-state index in [2.05, 4.69) is 0 Å². The summed E-state index contributed by atoms with van der Waals surface area (Å²) >= 11 is -1.60. The van der Waals surface area contributed by atoms with E-state index in [-0.39, 0.29) is 17.5 Å². The lowest BCUT2D eigenvalue weighted by atomic mass is 9.89. The standard InChI is InChI=1S/C13H17F3N2O3S/c1-7(4-8(2)22(17)21)11-5-10(18(19)20)6-12(9(11)3)13(14,15)16/h5-8H,4,17H2,1-3H3. The minimum atomic E-state index is -4.67. The number of nitro benzene ring substituents is 1. The van der Waals surface area contributed by atoms with E-state index in [9.17, 15) is 27.8 Å². The SMILES string of the molecule is Cc1c(C(C)CC(C)[S+](N)[O-])cc([N+](=O)[O-])cc1C(F)(F)F. The van der Waals surface area contributed by atoms with Gasteiger partial charge in [0.2, 0.25) is 0 Å². The predicted octanol–water partition coefficient (Wildman–Crippen LogP) is 3.43. The first-order chi connectivity index (χ1) is 9.95. The molecule has 0 heterocycles. The summed E-state index contributed by atoms with van der Waals surface area (Å²) in [6, 6.07) is 1.68. The molecule has 0 aliphatic heterocycles. The van der Waals surface area contributed by atoms with Crippen LogP contribution < -0.4 is 5.14 Å². The van der Waals surface area contributed by atoms with Crippen LogP contribution in [0.2, 0.25) is 0 Å². The number of benzene rings is 1. The van der Waals surface area contributed by atoms with Gasteiger partial charge in [0.1, 0.15) is 5.25 Å². The molecule has 1 aromatic rings. The second kappa shape index (κ2) is 6.84. The van der Waals surface area contributed by atoms with Crippen molar-refractivity contribution in [1.29, 1.82) is 0 Å². The minimum absolute atomic E-state index is 0.0550. The maximum atomic E-state index is 13.0. The predicted molar refractivity (Wildman–Crippen MR) is 77.7 cm³/mol. The van der Waals surface area contributed by atoms with Gasteiger partial charge in [-0.1, -0.05) is 6.92 Å². The van der Waals surface area contributed by atoms with Crippen LogP contribution in [0.1, 0.15) is 42.9 Å². The Bertz CT molecular complexity index is 564. The largest absolute Gasteiger partial charge is 0.598 e. The molecule has 0 aliphatic carbocycles. The molecule has 124 valence electrons. The molecule has 1 aromatic carbocycles. The van der Waals surface area contributed by atoms with Crippen molar-refractivity contribution in [3.8, 4) is 0 Å². The van der Waals surface area contributed by atoms with Crippen LogP contribution in [0.3, 0.4) is 0 Å². The number of nitrogens with zero attached hydrogens (tertiary/aromatic N) is 1. The second-order valence-corrected chi connectivity index (χ2v) is 6.70. The fourth-order valence-electron chi connectivity index (χ4n) is 2.35. The normalized spacial score (nSPS) is 16.2. The number of alkyl halides is 3. The number of non-ortho nitro benzene ring substituents is 1. The van der Waals surface area contributed by atoms with E-state index >= 15 is 0 Å². The molecule has 0 radical (unpaired) electrons. The van der Waals surface area contributed by atoms with E-state index in [1.165, 1.54) is 6.92 Å². The smallest absolute Gasteiger partial charge is 0.416 e. The van der Waals surface area contributed by atoms with Gasteiger partial charge in [-0.15, -0.1) is 0 Å². The van der Waals surface area contributed by atoms with Gasteiger partial charge in [-0.2, -0.15) is 18.3 Å². The third-order valence-corrected chi connectivity index (χ3v) is 4.55. The average Bonchev–Trinajstić information content (AvgIpc) is 2.36. The summed E-state index contributed by atoms with van der Waals surface area (Å²) in [7, 11) is 0. The molecule has 0 saturated carbocycles. The highest BCUT2D eigenvalue weighted by molar-refractivity contribution is 7.89. The molecule has 22 heavy (non-hydrogen) atoms. The number of nitrogens with two attached hydrogens (primary N) is 1. The van der Waals surface area contributed by atoms with Gasteiger partial charge in [-0.05, 0) is 30.9 Å². The molecule has 5 nitrogen and oxygen atoms in total. The summed E-state index contributed by atoms with van der Waals surface area (Å²) in [6.45, 7) is 4.53. The Labute approximate surface area is 129 Å². The van der Waals surface area contributed by atoms with Gasteiger partial charge in [0.25, 0.3) is 5.69 Å². The molecule has 0 aliphatic rings. The first-order valence-corrected chi connectivity index (χ1v) is 7.73. The summed E-state index contributed by atoms with van der Waals surface area (Å²) in [5, 5.41) is 15.7. The summed E-state index contributed by atoms with van der Waals surface area (Å²) in [5.74, 6) is -0.441. The van der Waals surface area contributed by atoms with Gasteiger partial charge >= 0.3 is 6.18 Å². The average molecular weight is 338 g/mol. The zero-order chi connectivity index (χ0) is 17.2. The highest BCUT2D eigenvalue weighted by atomic mass is 32.2. The van der Waals surface area contributed by atoms with Crippen LogP contribution in [0.5, 0.6) is 0 Å². The van der Waals surface area contributed by atoms with E-state index in [4.69, 9.17) is 5.14 Å². The van der Waals surface area contributed by atoms with Gasteiger partial charge in [0.15, 0.2) is 0 Å². The van der Waals surface area contributed by atoms with Crippen molar-refractivity contribution in [2.24, 2.45) is 5.14 Å². The molecule has 0 spiro atoms. The lowest BCUT2D eigenvalue weighted by Crippen LogP contribution is -2.27. The Morgan fingerprint density at radius 1 is 1.36 bits per heavy atom. The summed E-state index contributed by atoms with van der Waals surface area (Å²) < 4.78 is 50.3. The topological polar surface area (TPSA) is 92.2 Å². The van der Waals surface area contributed by atoms with Crippen LogP contribution in [-0.4, -0.2) is 14.7 Å². The highest BCUT2D eigenvalue weighted by Crippen LogP contribution is 2.38. The second-order valence-electron chi connectivity index (χ2n) is 5.24. The van der Waals surface area contributed by atoms with Crippen molar-refractivity contribution in [3.63, 3.8) is 0 Å². The Morgan fingerprint density at radius 3 is 2.32 bits per heavy atom. The molecular weight excluding hydrogens is 321 g/mol. The van der Waals surface area contributed by atoms with E-state index < -0.39 is 44.9 Å². The number of rotatable bonds is 5. The van der Waals surface area contributed by atoms with Crippen LogP contribution in [0, 0.1) is 17.0 Å². The summed E-state index contributed by atoms with van der Waals surface area (Å²) in [5.41, 5.74) is -1.47. The fourth-order valence-corrected chi connectivity index (χ4v) is 2.83. The lowest BCUT2D eigenvalue weighted by Gasteiger charge is -2.21. The first kappa shape index (κ1) is 18.7. The third kappa shape index (κ3) is 4.34. The van der Waals surface area contributed by atoms with Crippen molar-refractivity contribution in [2.45, 2.75) is 44.5 Å². The van der Waals surface area contributed by atoms with Crippen LogP contribution in [0.15, 0.2) is 12.1 Å². The van der Waals surface area contributed by atoms with Crippen LogP contribution in [0.4, 0.5) is 18.9 Å². The van der Waals surface area contributed by atoms with Gasteiger partial charge in [0, 0.05) is 29.9 Å². The summed E-state index contributed by atoms with van der Waals surface area (Å²) in [4.78, 5) is 10.0. The van der Waals surface area contributed by atoms with Gasteiger partial charge in [-0.25, -0.2) is 0 Å². The van der Waals surface area contributed by atoms with Gasteiger partial charge in [0.05, 0.1) is 10.5 Å². The van der Waals surface area contributed by atoms with Crippen LogP contribution >= 0.6 is 0 Å². The Hall–Kier alpha value is -1.32. The Morgan fingerprint density at radius 2 is 1.91 bits per heavy atom. The molecule has 3 unspecified atom stereocenters. The fraction of sp³-hybridized carbons (Fsp3) is 0.538. The molecule has 0 aromatic heterocycles. The third-order valence-electron chi connectivity index (χ3n) is 3.56. The van der Waals surface area contributed by atoms with E-state index in [1.54, 1.807) is 13.8 Å². The number of hydrogen-bond donors (Lipinski definition) is 1. The van der Waals surface area contributed by atoms with Crippen LogP contribution in [-0.2, 0) is 17.5 Å². The van der Waals surface area contributed by atoms with E-state index in [0.717, 1.165) is 6.07 Å². The Balaban J connectivity index is 3.34. The van der Waals surface area contributed by atoms with Crippen molar-refractivity contribution < 1.29 is 22.6 Å². The lowest BCUT2D eigenvalue weighted by molar-refractivity contribution is -0.385. The van der Waals surface area contributed by atoms with Crippen LogP contribution in [0.25, 0.3) is 0 Å². The number of nitro groups is 1. The molecule has 0 amide bonds. The summed E-state index contributed by atoms with van der Waals surface area (Å²) in [6.07, 6.45) is -4.41. The van der Waals surface area contributed by atoms with Crippen molar-refractivity contribution >= 4 is 17.0 Å². The quantitative estimate of drug-likeness (QED) is 0.506. The minimum Gasteiger partial charge on any atom is -0.598 e.